The van der Waals surface area contributed by atoms with Gasteiger partial charge in [-0.3, -0.25) is 4.79 Å². The van der Waals surface area contributed by atoms with E-state index in [4.69, 9.17) is 9.47 Å². The van der Waals surface area contributed by atoms with Crippen molar-refractivity contribution in [3.63, 3.8) is 0 Å². The molecule has 9 nitrogen and oxygen atoms in total. The van der Waals surface area contributed by atoms with E-state index in [0.717, 1.165) is 24.3 Å². The zero-order valence-electron chi connectivity index (χ0n) is 15.6. The van der Waals surface area contributed by atoms with E-state index in [2.05, 4.69) is 20.4 Å². The molecule has 4 atom stereocenters. The highest BCUT2D eigenvalue weighted by molar-refractivity contribution is 5.94. The molecule has 0 unspecified atom stereocenters. The molecule has 1 amide bonds. The molecule has 1 aromatic carbocycles. The minimum Gasteiger partial charge on any atom is -0.464 e. The first-order valence-corrected chi connectivity index (χ1v) is 8.99. The van der Waals surface area contributed by atoms with Gasteiger partial charge in [0, 0.05) is 5.56 Å². The van der Waals surface area contributed by atoms with E-state index in [-0.39, 0.29) is 30.5 Å². The molecule has 0 radical (unpaired) electrons. The first-order valence-electron chi connectivity index (χ1n) is 8.99. The number of methoxy groups -OCH3 is 1. The summed E-state index contributed by atoms with van der Waals surface area (Å²) < 4.78 is 55.6. The maximum absolute atomic E-state index is 12.7. The molecule has 1 aromatic heterocycles. The molecule has 160 valence electrons. The van der Waals surface area contributed by atoms with Gasteiger partial charge in [0.1, 0.15) is 18.2 Å². The number of nitrogens with one attached hydrogen (secondary N) is 1. The Balaban J connectivity index is 1.40. The molecule has 1 N–H and O–H groups in total. The number of hydrogen-bond acceptors (Lipinski definition) is 7. The fourth-order valence-electron chi connectivity index (χ4n) is 3.53. The smallest absolute Gasteiger partial charge is 0.416 e. The maximum Gasteiger partial charge on any atom is 0.416 e. The van der Waals surface area contributed by atoms with E-state index in [0.29, 0.717) is 0 Å². The van der Waals surface area contributed by atoms with E-state index < -0.39 is 41.9 Å². The van der Waals surface area contributed by atoms with Crippen molar-refractivity contribution < 1.29 is 37.0 Å². The number of benzene rings is 1. The molecule has 3 heterocycles. The third kappa shape index (κ3) is 3.75. The highest BCUT2D eigenvalue weighted by Gasteiger charge is 2.49. The second-order valence-corrected chi connectivity index (χ2v) is 6.89. The number of halogens is 3. The molecule has 2 aliphatic heterocycles. The van der Waals surface area contributed by atoms with Crippen molar-refractivity contribution in [2.75, 3.05) is 20.3 Å². The van der Waals surface area contributed by atoms with Gasteiger partial charge < -0.3 is 19.5 Å². The quantitative estimate of drug-likeness (QED) is 0.733. The molecule has 0 aliphatic carbocycles. The van der Waals surface area contributed by atoms with E-state index in [1.807, 2.05) is 0 Å². The molecule has 2 aromatic rings. The van der Waals surface area contributed by atoms with Crippen LogP contribution in [0.25, 0.3) is 0 Å². The Labute approximate surface area is 168 Å². The Bertz CT molecular complexity index is 946. The van der Waals surface area contributed by atoms with Gasteiger partial charge in [0.15, 0.2) is 5.69 Å². The molecule has 12 heteroatoms. The summed E-state index contributed by atoms with van der Waals surface area (Å²) in [4.78, 5) is 24.0. The molecular formula is C18H17F3N4O5. The summed E-state index contributed by atoms with van der Waals surface area (Å²) in [6, 6.07) is 3.11. The van der Waals surface area contributed by atoms with Gasteiger partial charge in [-0.15, -0.1) is 5.10 Å². The number of rotatable bonds is 4. The van der Waals surface area contributed by atoms with Crippen LogP contribution >= 0.6 is 0 Å². The fraction of sp³-hybridized carbons (Fsp3) is 0.444. The van der Waals surface area contributed by atoms with Crippen molar-refractivity contribution in [3.05, 3.63) is 47.3 Å². The number of alkyl halides is 3. The van der Waals surface area contributed by atoms with Gasteiger partial charge in [0.2, 0.25) is 0 Å². The summed E-state index contributed by atoms with van der Waals surface area (Å²) in [6.45, 7) is 0.392. The molecule has 4 rings (SSSR count). The molecule has 2 saturated heterocycles. The second-order valence-electron chi connectivity index (χ2n) is 6.89. The van der Waals surface area contributed by atoms with Crippen LogP contribution in [-0.2, 0) is 20.4 Å². The van der Waals surface area contributed by atoms with Gasteiger partial charge in [-0.25, -0.2) is 9.48 Å². The van der Waals surface area contributed by atoms with Gasteiger partial charge in [0.25, 0.3) is 5.91 Å². The van der Waals surface area contributed by atoms with Crippen molar-refractivity contribution in [2.24, 2.45) is 0 Å². The second kappa shape index (κ2) is 7.69. The molecule has 0 bridgehead atoms. The lowest BCUT2D eigenvalue weighted by atomic mass is 10.1. The lowest BCUT2D eigenvalue weighted by molar-refractivity contribution is -0.137. The number of nitrogens with zero attached hydrogens (tertiary/aromatic N) is 3. The average Bonchev–Trinajstić information content (AvgIpc) is 3.44. The Morgan fingerprint density at radius 3 is 2.53 bits per heavy atom. The van der Waals surface area contributed by atoms with Crippen LogP contribution in [0, 0.1) is 0 Å². The van der Waals surface area contributed by atoms with Gasteiger partial charge in [-0.1, -0.05) is 5.21 Å². The van der Waals surface area contributed by atoms with Crippen LogP contribution in [0.15, 0.2) is 30.5 Å². The van der Waals surface area contributed by atoms with Crippen molar-refractivity contribution >= 4 is 11.9 Å². The minimum atomic E-state index is -4.47. The van der Waals surface area contributed by atoms with Crippen LogP contribution in [0.5, 0.6) is 0 Å². The van der Waals surface area contributed by atoms with Crippen molar-refractivity contribution in [3.8, 4) is 0 Å². The number of ether oxygens (including phenoxy) is 3. The molecule has 2 aliphatic rings. The lowest BCUT2D eigenvalue weighted by Crippen LogP contribution is -2.44. The number of hydrogen-bond donors (Lipinski definition) is 1. The van der Waals surface area contributed by atoms with Crippen LogP contribution in [0.2, 0.25) is 0 Å². The molecular weight excluding hydrogens is 409 g/mol. The topological polar surface area (TPSA) is 105 Å². The average molecular weight is 426 g/mol. The summed E-state index contributed by atoms with van der Waals surface area (Å²) in [5, 5.41) is 10.4. The van der Waals surface area contributed by atoms with Crippen LogP contribution in [-0.4, -0.2) is 65.4 Å². The summed E-state index contributed by atoms with van der Waals surface area (Å²) in [7, 11) is 1.24. The largest absolute Gasteiger partial charge is 0.464 e. The summed E-state index contributed by atoms with van der Waals surface area (Å²) >= 11 is 0. The van der Waals surface area contributed by atoms with Crippen LogP contribution in [0.1, 0.15) is 32.5 Å². The van der Waals surface area contributed by atoms with Crippen molar-refractivity contribution in [1.82, 2.24) is 20.3 Å². The lowest BCUT2D eigenvalue weighted by Gasteiger charge is -2.18. The first-order chi connectivity index (χ1) is 14.3. The zero-order valence-corrected chi connectivity index (χ0v) is 15.6. The van der Waals surface area contributed by atoms with Gasteiger partial charge in [-0.05, 0) is 24.3 Å². The Morgan fingerprint density at radius 1 is 1.17 bits per heavy atom. The van der Waals surface area contributed by atoms with Crippen LogP contribution in [0.4, 0.5) is 13.2 Å². The van der Waals surface area contributed by atoms with E-state index in [1.54, 1.807) is 0 Å². The fourth-order valence-corrected chi connectivity index (χ4v) is 3.53. The summed E-state index contributed by atoms with van der Waals surface area (Å²) in [5.41, 5.74) is -0.685. The number of fused-ring (bicyclic) bond motifs is 1. The highest BCUT2D eigenvalue weighted by Crippen LogP contribution is 2.34. The normalized spacial score (nSPS) is 25.7. The van der Waals surface area contributed by atoms with Crippen molar-refractivity contribution in [1.29, 1.82) is 0 Å². The van der Waals surface area contributed by atoms with Crippen LogP contribution < -0.4 is 5.32 Å². The predicted molar refractivity (Wildman–Crippen MR) is 92.6 cm³/mol. The van der Waals surface area contributed by atoms with Gasteiger partial charge >= 0.3 is 12.1 Å². The Kier molecular flexibility index (Phi) is 5.20. The van der Waals surface area contributed by atoms with E-state index >= 15 is 0 Å². The molecule has 0 saturated carbocycles. The van der Waals surface area contributed by atoms with E-state index in [9.17, 15) is 22.8 Å². The number of aromatic nitrogens is 3. The number of esters is 1. The standard InChI is InChI=1S/C18H17F3N4O5/c1-28-17(27)11-6-25(24-23-11)13-8-30-14-12(7-29-15(13)14)22-16(26)9-2-4-10(5-3-9)18(19,20)21/h2-6,12-15H,7-8H2,1H3,(H,22,26)/t12-,13-,14+,15+/m0/s1. The molecule has 0 spiro atoms. The van der Waals surface area contributed by atoms with Crippen LogP contribution in [0.3, 0.4) is 0 Å². The highest BCUT2D eigenvalue weighted by atomic mass is 19.4. The summed E-state index contributed by atoms with van der Waals surface area (Å²) in [6.07, 6.45) is -3.95. The maximum atomic E-state index is 12.7. The SMILES string of the molecule is COC(=O)c1cn([C@H]2CO[C@H]3[C@@H]2OC[C@@H]3NC(=O)c2ccc(C(F)(F)F)cc2)nn1. The minimum absolute atomic E-state index is 0.0473. The first kappa shape index (κ1) is 20.3. The number of amides is 1. The third-order valence-corrected chi connectivity index (χ3v) is 5.06. The summed E-state index contributed by atoms with van der Waals surface area (Å²) in [5.74, 6) is -1.15. The Hall–Kier alpha value is -2.99. The van der Waals surface area contributed by atoms with Gasteiger partial charge in [-0.2, -0.15) is 13.2 Å². The predicted octanol–water partition coefficient (Wildman–Crippen LogP) is 1.22. The van der Waals surface area contributed by atoms with Crippen molar-refractivity contribution in [2.45, 2.75) is 30.5 Å². The number of carbonyl (C=O) groups is 2. The molecule has 2 fully saturated rings. The number of carbonyl (C=O) groups excluding carboxylic acids is 2. The monoisotopic (exact) mass is 426 g/mol. The van der Waals surface area contributed by atoms with Gasteiger partial charge in [0.05, 0.1) is 38.1 Å². The Morgan fingerprint density at radius 2 is 1.87 bits per heavy atom. The third-order valence-electron chi connectivity index (χ3n) is 5.06. The van der Waals surface area contributed by atoms with E-state index in [1.165, 1.54) is 18.0 Å². The zero-order chi connectivity index (χ0) is 21.5. The molecule has 30 heavy (non-hydrogen) atoms.